The Labute approximate surface area is 115 Å². The topological polar surface area (TPSA) is 54.3 Å². The summed E-state index contributed by atoms with van der Waals surface area (Å²) in [5.74, 6) is -0.500. The van der Waals surface area contributed by atoms with Crippen LogP contribution in [-0.4, -0.2) is 25.0 Å². The van der Waals surface area contributed by atoms with Crippen molar-refractivity contribution in [1.82, 2.24) is 0 Å². The zero-order valence-electron chi connectivity index (χ0n) is 10.4. The number of rotatable bonds is 2. The van der Waals surface area contributed by atoms with Crippen molar-refractivity contribution in [3.8, 4) is 6.07 Å². The van der Waals surface area contributed by atoms with Crippen LogP contribution >= 0.6 is 15.9 Å². The highest BCUT2D eigenvalue weighted by Gasteiger charge is 2.28. The molecular formula is C13H15BrN2O2. The zero-order valence-corrected chi connectivity index (χ0v) is 12.0. The van der Waals surface area contributed by atoms with Crippen LogP contribution in [-0.2, 0) is 9.47 Å². The monoisotopic (exact) mass is 310 g/mol. The van der Waals surface area contributed by atoms with Crippen LogP contribution in [0.5, 0.6) is 0 Å². The van der Waals surface area contributed by atoms with E-state index in [4.69, 9.17) is 14.7 Å². The first kappa shape index (κ1) is 13.3. The van der Waals surface area contributed by atoms with Gasteiger partial charge in [-0.15, -0.1) is 0 Å². The second kappa shape index (κ2) is 5.27. The van der Waals surface area contributed by atoms with Gasteiger partial charge in [-0.3, -0.25) is 0 Å². The second-order valence-electron chi connectivity index (χ2n) is 4.67. The molecule has 0 bridgehead atoms. The molecule has 0 unspecified atom stereocenters. The van der Waals surface area contributed by atoms with Gasteiger partial charge in [-0.25, -0.2) is 0 Å². The molecule has 0 amide bonds. The third-order valence-electron chi connectivity index (χ3n) is 2.72. The minimum absolute atomic E-state index is 0.113. The number of nitrogens with zero attached hydrogens (tertiary/aromatic N) is 1. The molecule has 1 aromatic carbocycles. The number of nitriles is 1. The number of hydrogen-bond donors (Lipinski definition) is 1. The average Bonchev–Trinajstić information content (AvgIpc) is 2.34. The third kappa shape index (κ3) is 3.22. The van der Waals surface area contributed by atoms with Crippen molar-refractivity contribution in [2.24, 2.45) is 0 Å². The standard InChI is InChI=1S/C13H15BrN2O2/c1-13(2)17-7-10(8-18-13)16-12-4-3-9(6-15)5-11(12)14/h3-5,10,16H,7-8H2,1-2H3. The Hall–Kier alpha value is -1.09. The summed E-state index contributed by atoms with van der Waals surface area (Å²) < 4.78 is 12.0. The zero-order chi connectivity index (χ0) is 13.2. The van der Waals surface area contributed by atoms with E-state index < -0.39 is 5.79 Å². The fourth-order valence-electron chi connectivity index (χ4n) is 1.70. The number of ether oxygens (including phenoxy) is 2. The number of nitrogens with one attached hydrogen (secondary N) is 1. The van der Waals surface area contributed by atoms with Crippen LogP contribution in [0.25, 0.3) is 0 Å². The Bertz CT molecular complexity index is 472. The predicted octanol–water partition coefficient (Wildman–Crippen LogP) is 2.88. The average molecular weight is 311 g/mol. The molecule has 0 aromatic heterocycles. The van der Waals surface area contributed by atoms with Gasteiger partial charge in [-0.1, -0.05) is 0 Å². The van der Waals surface area contributed by atoms with Crippen LogP contribution in [0.1, 0.15) is 19.4 Å². The lowest BCUT2D eigenvalue weighted by molar-refractivity contribution is -0.247. The fourth-order valence-corrected chi connectivity index (χ4v) is 2.19. The smallest absolute Gasteiger partial charge is 0.162 e. The van der Waals surface area contributed by atoms with Gasteiger partial charge in [-0.2, -0.15) is 5.26 Å². The molecule has 2 rings (SSSR count). The molecule has 0 aliphatic carbocycles. The van der Waals surface area contributed by atoms with E-state index in [1.807, 2.05) is 19.9 Å². The van der Waals surface area contributed by atoms with E-state index in [1.54, 1.807) is 12.1 Å². The molecule has 18 heavy (non-hydrogen) atoms. The van der Waals surface area contributed by atoms with Crippen molar-refractivity contribution < 1.29 is 9.47 Å². The number of anilines is 1. The molecule has 0 atom stereocenters. The van der Waals surface area contributed by atoms with E-state index in [0.29, 0.717) is 18.8 Å². The highest BCUT2D eigenvalue weighted by Crippen LogP contribution is 2.26. The van der Waals surface area contributed by atoms with Gasteiger partial charge in [0.2, 0.25) is 0 Å². The van der Waals surface area contributed by atoms with Gasteiger partial charge >= 0.3 is 0 Å². The highest BCUT2D eigenvalue weighted by atomic mass is 79.9. The van der Waals surface area contributed by atoms with Gasteiger partial charge in [-0.05, 0) is 48.0 Å². The molecule has 1 N–H and O–H groups in total. The quantitative estimate of drug-likeness (QED) is 0.912. The summed E-state index contributed by atoms with van der Waals surface area (Å²) in [6.45, 7) is 5.00. The summed E-state index contributed by atoms with van der Waals surface area (Å²) in [5, 5.41) is 12.1. The van der Waals surface area contributed by atoms with Crippen molar-refractivity contribution in [3.63, 3.8) is 0 Å². The van der Waals surface area contributed by atoms with Crippen LogP contribution in [0.4, 0.5) is 5.69 Å². The van der Waals surface area contributed by atoms with E-state index >= 15 is 0 Å². The lowest BCUT2D eigenvalue weighted by Crippen LogP contribution is -2.45. The molecule has 1 heterocycles. The van der Waals surface area contributed by atoms with E-state index in [9.17, 15) is 0 Å². The largest absolute Gasteiger partial charge is 0.377 e. The lowest BCUT2D eigenvalue weighted by atomic mass is 10.2. The summed E-state index contributed by atoms with van der Waals surface area (Å²) in [7, 11) is 0. The molecule has 1 saturated heterocycles. The van der Waals surface area contributed by atoms with Gasteiger partial charge in [0.05, 0.1) is 30.9 Å². The molecule has 1 aliphatic heterocycles. The summed E-state index contributed by atoms with van der Waals surface area (Å²) in [5.41, 5.74) is 1.57. The molecule has 1 aromatic rings. The molecule has 0 radical (unpaired) electrons. The van der Waals surface area contributed by atoms with Crippen molar-refractivity contribution >= 4 is 21.6 Å². The lowest BCUT2D eigenvalue weighted by Gasteiger charge is -2.35. The molecule has 1 aliphatic rings. The number of benzene rings is 1. The van der Waals surface area contributed by atoms with Crippen LogP contribution < -0.4 is 5.32 Å². The molecule has 4 nitrogen and oxygen atoms in total. The molecular weight excluding hydrogens is 296 g/mol. The predicted molar refractivity (Wildman–Crippen MR) is 72.3 cm³/mol. The van der Waals surface area contributed by atoms with E-state index in [0.717, 1.165) is 10.2 Å². The normalized spacial score (nSPS) is 19.2. The molecule has 0 spiro atoms. The Balaban J connectivity index is 2.01. The maximum atomic E-state index is 8.80. The van der Waals surface area contributed by atoms with E-state index in [1.165, 1.54) is 0 Å². The molecule has 96 valence electrons. The first-order valence-corrected chi connectivity index (χ1v) is 6.53. The summed E-state index contributed by atoms with van der Waals surface area (Å²) >= 11 is 3.44. The van der Waals surface area contributed by atoms with Gasteiger partial charge in [0.15, 0.2) is 5.79 Å². The van der Waals surface area contributed by atoms with Crippen LogP contribution in [0.15, 0.2) is 22.7 Å². The third-order valence-corrected chi connectivity index (χ3v) is 3.38. The number of hydrogen-bond acceptors (Lipinski definition) is 4. The SMILES string of the molecule is CC1(C)OCC(Nc2ccc(C#N)cc2Br)CO1. The first-order valence-electron chi connectivity index (χ1n) is 5.74. The van der Waals surface area contributed by atoms with Crippen LogP contribution in [0, 0.1) is 11.3 Å². The van der Waals surface area contributed by atoms with Crippen molar-refractivity contribution in [2.45, 2.75) is 25.7 Å². The summed E-state index contributed by atoms with van der Waals surface area (Å²) in [6.07, 6.45) is 0. The number of halogens is 1. The van der Waals surface area contributed by atoms with Gasteiger partial charge in [0.1, 0.15) is 0 Å². The molecule has 1 fully saturated rings. The summed E-state index contributed by atoms with van der Waals surface area (Å²) in [4.78, 5) is 0. The van der Waals surface area contributed by atoms with E-state index in [2.05, 4.69) is 27.3 Å². The summed E-state index contributed by atoms with van der Waals surface area (Å²) in [6, 6.07) is 7.66. The van der Waals surface area contributed by atoms with Crippen LogP contribution in [0.3, 0.4) is 0 Å². The van der Waals surface area contributed by atoms with Crippen molar-refractivity contribution in [1.29, 1.82) is 5.26 Å². The maximum Gasteiger partial charge on any atom is 0.162 e. The van der Waals surface area contributed by atoms with E-state index in [-0.39, 0.29) is 6.04 Å². The fraction of sp³-hybridized carbons (Fsp3) is 0.462. The van der Waals surface area contributed by atoms with Gasteiger partial charge in [0, 0.05) is 10.2 Å². The first-order chi connectivity index (χ1) is 8.50. The highest BCUT2D eigenvalue weighted by molar-refractivity contribution is 9.10. The van der Waals surface area contributed by atoms with Gasteiger partial charge in [0.25, 0.3) is 0 Å². The minimum Gasteiger partial charge on any atom is -0.377 e. The van der Waals surface area contributed by atoms with Crippen molar-refractivity contribution in [2.75, 3.05) is 18.5 Å². The minimum atomic E-state index is -0.500. The Morgan fingerprint density at radius 1 is 1.39 bits per heavy atom. The Kier molecular flexibility index (Phi) is 3.91. The van der Waals surface area contributed by atoms with Gasteiger partial charge < -0.3 is 14.8 Å². The Morgan fingerprint density at radius 3 is 2.61 bits per heavy atom. The maximum absolute atomic E-state index is 8.80. The van der Waals surface area contributed by atoms with Crippen LogP contribution in [0.2, 0.25) is 0 Å². The van der Waals surface area contributed by atoms with Crippen molar-refractivity contribution in [3.05, 3.63) is 28.2 Å². The second-order valence-corrected chi connectivity index (χ2v) is 5.52. The molecule has 0 saturated carbocycles. The molecule has 5 heteroatoms. The Morgan fingerprint density at radius 2 is 2.06 bits per heavy atom.